The average molecular weight is 375 g/mol. The fourth-order valence-corrected chi connectivity index (χ4v) is 1.98. The molecular weight excluding hydrogens is 347 g/mol. The molecule has 0 aliphatic heterocycles. The fourth-order valence-electron chi connectivity index (χ4n) is 1.98. The van der Waals surface area contributed by atoms with Crippen LogP contribution < -0.4 is 24.8 Å². The van der Waals surface area contributed by atoms with Crippen LogP contribution in [0.3, 0.4) is 0 Å². The molecular formula is C19H28Cl2Ti-2. The van der Waals surface area contributed by atoms with Crippen LogP contribution in [0.15, 0.2) is 35.5 Å². The van der Waals surface area contributed by atoms with Crippen molar-refractivity contribution in [3.05, 3.63) is 47.6 Å². The van der Waals surface area contributed by atoms with Gasteiger partial charge in [-0.25, -0.2) is 23.3 Å². The van der Waals surface area contributed by atoms with Crippen LogP contribution in [0.25, 0.3) is 0 Å². The zero-order chi connectivity index (χ0) is 15.1. The third kappa shape index (κ3) is 15.0. The van der Waals surface area contributed by atoms with Gasteiger partial charge in [-0.3, -0.25) is 12.2 Å². The summed E-state index contributed by atoms with van der Waals surface area (Å²) in [4.78, 5) is 3.25. The molecule has 0 aromatic heterocycles. The molecule has 2 rings (SSSR count). The number of hydrogen-bond donors (Lipinski definition) is 0. The van der Waals surface area contributed by atoms with Crippen molar-refractivity contribution in [2.24, 2.45) is 0 Å². The Balaban J connectivity index is -0.000000273. The summed E-state index contributed by atoms with van der Waals surface area (Å²) in [5, 5.41) is 0. The maximum atomic E-state index is 3.30. The van der Waals surface area contributed by atoms with Crippen LogP contribution in [0.1, 0.15) is 65.2 Å². The molecule has 0 bridgehead atoms. The second-order valence-corrected chi connectivity index (χ2v) is 4.82. The van der Waals surface area contributed by atoms with Gasteiger partial charge in [-0.05, 0) is 0 Å². The molecule has 0 amide bonds. The van der Waals surface area contributed by atoms with Gasteiger partial charge in [-0.2, -0.15) is 12.2 Å². The van der Waals surface area contributed by atoms with E-state index >= 15 is 0 Å². The van der Waals surface area contributed by atoms with Crippen LogP contribution in [0.2, 0.25) is 0 Å². The Kier molecular flexibility index (Phi) is 25.9. The minimum Gasteiger partial charge on any atom is -1.00 e. The van der Waals surface area contributed by atoms with Gasteiger partial charge in [0.25, 0.3) is 0 Å². The van der Waals surface area contributed by atoms with Gasteiger partial charge in [-0.15, -0.1) is 12.8 Å². The summed E-state index contributed by atoms with van der Waals surface area (Å²) in [7, 11) is 0. The van der Waals surface area contributed by atoms with E-state index in [0.29, 0.717) is 0 Å². The number of unbranched alkanes of at least 4 members (excludes halogenated alkanes) is 2. The Morgan fingerprint density at radius 1 is 0.864 bits per heavy atom. The van der Waals surface area contributed by atoms with Crippen LogP contribution in [0.4, 0.5) is 0 Å². The third-order valence-electron chi connectivity index (χ3n) is 3.13. The van der Waals surface area contributed by atoms with E-state index in [0.717, 1.165) is 12.8 Å². The van der Waals surface area contributed by atoms with Gasteiger partial charge < -0.3 is 24.8 Å². The second kappa shape index (κ2) is 21.1. The molecule has 0 unspecified atom stereocenters. The zero-order valence-corrected chi connectivity index (χ0v) is 17.0. The first kappa shape index (κ1) is 27.0. The van der Waals surface area contributed by atoms with E-state index in [9.17, 15) is 0 Å². The van der Waals surface area contributed by atoms with Gasteiger partial charge in [0.1, 0.15) is 0 Å². The van der Waals surface area contributed by atoms with Crippen molar-refractivity contribution in [3.63, 3.8) is 0 Å². The van der Waals surface area contributed by atoms with E-state index in [1.807, 2.05) is 0 Å². The van der Waals surface area contributed by atoms with Crippen molar-refractivity contribution >= 4 is 4.82 Å². The molecule has 0 aromatic carbocycles. The topological polar surface area (TPSA) is 0 Å². The van der Waals surface area contributed by atoms with E-state index in [-0.39, 0.29) is 24.8 Å². The maximum absolute atomic E-state index is 3.30. The van der Waals surface area contributed by atoms with E-state index in [1.54, 1.807) is 20.0 Å². The summed E-state index contributed by atoms with van der Waals surface area (Å²) in [5.74, 6) is 0. The Morgan fingerprint density at radius 2 is 1.23 bits per heavy atom. The van der Waals surface area contributed by atoms with Crippen molar-refractivity contribution in [1.82, 2.24) is 0 Å². The minimum absolute atomic E-state index is 0. The fraction of sp³-hybridized carbons (Fsp3) is 0.526. The minimum atomic E-state index is 0. The summed E-state index contributed by atoms with van der Waals surface area (Å²) in [6.45, 7) is 4.44. The van der Waals surface area contributed by atoms with Crippen molar-refractivity contribution in [1.29, 1.82) is 0 Å². The molecule has 0 fully saturated rings. The summed E-state index contributed by atoms with van der Waals surface area (Å²) in [6, 6.07) is 0. The summed E-state index contributed by atoms with van der Waals surface area (Å²) in [6.07, 6.45) is 25.1. The van der Waals surface area contributed by atoms with Gasteiger partial charge in [0.2, 0.25) is 0 Å². The number of allylic oxidation sites excluding steroid dienone is 8. The zero-order valence-electron chi connectivity index (χ0n) is 13.9. The second-order valence-electron chi connectivity index (χ2n) is 4.82. The van der Waals surface area contributed by atoms with Crippen molar-refractivity contribution < 1.29 is 44.8 Å². The molecule has 2 aliphatic carbocycles. The standard InChI is InChI=1S/2C9H13.CH2.2ClH.Ti/c2*1-2-3-6-9-7-4-5-8-9;;;;/h2*4,7H,2-3,5-6H2,1H3;1H2;2*1H;/q2*-1;;;;+2/p-2. The van der Waals surface area contributed by atoms with Crippen LogP contribution in [-0.2, 0) is 20.0 Å². The van der Waals surface area contributed by atoms with Crippen LogP contribution in [0.5, 0.6) is 0 Å². The Hall–Kier alpha value is 0.124. The van der Waals surface area contributed by atoms with Gasteiger partial charge in [0.05, 0.1) is 0 Å². The Labute approximate surface area is 162 Å². The monoisotopic (exact) mass is 374 g/mol. The maximum Gasteiger partial charge on any atom is -1.00 e. The predicted octanol–water partition coefficient (Wildman–Crippen LogP) is -0.295. The smallest absolute Gasteiger partial charge is 1.00 e. The SMILES string of the molecule is CCCCC1=[C-]CC=C1.CCCCC1=[C-]CC=C1.[CH2]=[Ti+2].[Cl-].[Cl-]. The Morgan fingerprint density at radius 3 is 1.45 bits per heavy atom. The van der Waals surface area contributed by atoms with Crippen molar-refractivity contribution in [2.45, 2.75) is 65.2 Å². The molecule has 0 N–H and O–H groups in total. The van der Waals surface area contributed by atoms with Gasteiger partial charge >= 0.3 is 24.8 Å². The number of rotatable bonds is 6. The first-order valence-corrected chi connectivity index (χ1v) is 8.85. The van der Waals surface area contributed by atoms with E-state index < -0.39 is 0 Å². The Bertz CT molecular complexity index is 320. The van der Waals surface area contributed by atoms with Crippen molar-refractivity contribution in [2.75, 3.05) is 0 Å². The van der Waals surface area contributed by atoms with Gasteiger partial charge in [0, 0.05) is 0 Å². The first-order valence-electron chi connectivity index (χ1n) is 7.74. The summed E-state index contributed by atoms with van der Waals surface area (Å²) < 4.78 is 0. The molecule has 3 heteroatoms. The molecule has 0 aromatic rings. The van der Waals surface area contributed by atoms with Gasteiger partial charge in [0.15, 0.2) is 0 Å². The van der Waals surface area contributed by atoms with Crippen LogP contribution >= 0.6 is 0 Å². The molecule has 0 heterocycles. The van der Waals surface area contributed by atoms with Crippen molar-refractivity contribution in [3.8, 4) is 0 Å². The molecule has 0 atom stereocenters. The first-order chi connectivity index (χ1) is 9.86. The number of hydrogen-bond acceptors (Lipinski definition) is 0. The van der Waals surface area contributed by atoms with Crippen LogP contribution in [0, 0.1) is 12.2 Å². The molecule has 0 saturated heterocycles. The molecule has 0 radical (unpaired) electrons. The largest absolute Gasteiger partial charge is 1.00 e. The van der Waals surface area contributed by atoms with E-state index in [2.05, 4.69) is 55.1 Å². The molecule has 22 heavy (non-hydrogen) atoms. The third-order valence-corrected chi connectivity index (χ3v) is 3.13. The quantitative estimate of drug-likeness (QED) is 0.442. The van der Waals surface area contributed by atoms with E-state index in [1.165, 1.54) is 49.7 Å². The normalized spacial score (nSPS) is 13.6. The number of halogens is 2. The molecule has 0 spiro atoms. The van der Waals surface area contributed by atoms with Crippen LogP contribution in [-0.4, -0.2) is 4.82 Å². The van der Waals surface area contributed by atoms with Gasteiger partial charge in [-0.1, -0.05) is 52.4 Å². The molecule has 2 aliphatic rings. The molecule has 0 nitrogen and oxygen atoms in total. The average Bonchev–Trinajstić information content (AvgIpc) is 3.19. The summed E-state index contributed by atoms with van der Waals surface area (Å²) in [5.41, 5.74) is 2.83. The van der Waals surface area contributed by atoms with E-state index in [4.69, 9.17) is 0 Å². The summed E-state index contributed by atoms with van der Waals surface area (Å²) >= 11 is 1.75. The molecule has 124 valence electrons. The predicted molar refractivity (Wildman–Crippen MR) is 87.2 cm³/mol. The molecule has 0 saturated carbocycles.